The van der Waals surface area contributed by atoms with Crippen LogP contribution in [-0.2, 0) is 75.8 Å². The van der Waals surface area contributed by atoms with E-state index in [4.69, 9.17) is 75.8 Å². The second-order valence-corrected chi connectivity index (χ2v) is 11.1. The minimum absolute atomic E-state index is 0.0890. The first-order chi connectivity index (χ1) is 27.6. The van der Waals surface area contributed by atoms with Gasteiger partial charge < -0.3 is 75.8 Å². The van der Waals surface area contributed by atoms with Crippen molar-refractivity contribution in [3.05, 3.63) is 0 Å². The average molecular weight is 839 g/mol. The van der Waals surface area contributed by atoms with Crippen molar-refractivity contribution in [3.63, 3.8) is 0 Å². The topological polar surface area (TPSA) is 148 Å². The molecule has 0 aliphatic rings. The molecule has 0 aromatic rings. The fourth-order valence-corrected chi connectivity index (χ4v) is 4.70. The second kappa shape index (κ2) is 51.5. The Kier molecular flexibility index (Phi) is 56.9. The molecule has 16 nitrogen and oxygen atoms in total. The zero-order valence-corrected chi connectivity index (χ0v) is 39.2. The Morgan fingerprint density at radius 1 is 0.246 bits per heavy atom. The fraction of sp³-hybridized carbons (Fsp3) is 1.00. The molecule has 0 spiro atoms. The van der Waals surface area contributed by atoms with Gasteiger partial charge in [0.1, 0.15) is 0 Å². The minimum atomic E-state index is -0.426. The molecule has 0 bridgehead atoms. The van der Waals surface area contributed by atoms with Gasteiger partial charge >= 0.3 is 0 Å². The number of methoxy groups -OCH3 is 4. The number of hydrogen-bond acceptors (Lipinski definition) is 16. The van der Waals surface area contributed by atoms with Crippen LogP contribution in [0.15, 0.2) is 0 Å². The van der Waals surface area contributed by atoms with Gasteiger partial charge in [-0.15, -0.1) is 0 Å². The number of rotatable bonds is 37. The lowest BCUT2D eigenvalue weighted by atomic mass is 10.2. The number of ether oxygens (including phenoxy) is 16. The van der Waals surface area contributed by atoms with Gasteiger partial charge in [-0.2, -0.15) is 0 Å². The van der Waals surface area contributed by atoms with Gasteiger partial charge in [0.15, 0.2) is 37.7 Å². The van der Waals surface area contributed by atoms with Crippen molar-refractivity contribution in [3.8, 4) is 0 Å². The molecule has 0 radical (unpaired) electrons. The predicted octanol–water partition coefficient (Wildman–Crippen LogP) is 7.53. The first kappa shape index (κ1) is 63.0. The maximum Gasteiger partial charge on any atom is 0.209 e. The summed E-state index contributed by atoms with van der Waals surface area (Å²) in [5, 5.41) is 0. The summed E-state index contributed by atoms with van der Waals surface area (Å²) in [6, 6.07) is 0. The van der Waals surface area contributed by atoms with Crippen LogP contribution in [0.25, 0.3) is 0 Å². The van der Waals surface area contributed by atoms with Crippen LogP contribution >= 0.6 is 0 Å². The van der Waals surface area contributed by atoms with E-state index >= 15 is 0 Å². The summed E-state index contributed by atoms with van der Waals surface area (Å²) in [6.45, 7) is 31.0. The van der Waals surface area contributed by atoms with Crippen molar-refractivity contribution in [2.45, 2.75) is 166 Å². The molecule has 0 unspecified atom stereocenters. The van der Waals surface area contributed by atoms with Gasteiger partial charge in [0.25, 0.3) is 0 Å². The molecule has 0 aliphatic carbocycles. The first-order valence-electron chi connectivity index (χ1n) is 21.1. The molecule has 0 N–H and O–H groups in total. The van der Waals surface area contributed by atoms with Gasteiger partial charge in [0.05, 0.1) is 0 Å². The monoisotopic (exact) mass is 839 g/mol. The lowest BCUT2D eigenvalue weighted by Crippen LogP contribution is -2.36. The highest BCUT2D eigenvalue weighted by molar-refractivity contribution is 4.53. The fourth-order valence-electron chi connectivity index (χ4n) is 4.70. The van der Waals surface area contributed by atoms with Crippen molar-refractivity contribution in [2.75, 3.05) is 108 Å². The predicted molar refractivity (Wildman–Crippen MR) is 221 cm³/mol. The Bertz CT molecular complexity index is 616. The van der Waals surface area contributed by atoms with Crippen molar-refractivity contribution in [1.29, 1.82) is 0 Å². The highest BCUT2D eigenvalue weighted by atomic mass is 16.8. The van der Waals surface area contributed by atoms with Crippen LogP contribution in [0.5, 0.6) is 0 Å². The molecule has 350 valence electrons. The van der Waals surface area contributed by atoms with Gasteiger partial charge in [-0.25, -0.2) is 0 Å². The molecule has 0 fully saturated rings. The van der Waals surface area contributed by atoms with Crippen LogP contribution in [0.3, 0.4) is 0 Å². The molecule has 0 atom stereocenters. The smallest absolute Gasteiger partial charge is 0.209 e. The summed E-state index contributed by atoms with van der Waals surface area (Å²) in [7, 11) is 6.32. The second-order valence-electron chi connectivity index (χ2n) is 11.1. The SMILES string of the molecule is CCOC(CC(OCC)OCC)OCC.CCOC(CCCC(OCC)OCC)OCC.CCOC(OCC)C(OCC)OCC.COC(CC(OC)OC)OC. The Balaban J connectivity index is -0.000000332. The van der Waals surface area contributed by atoms with Crippen molar-refractivity contribution in [2.24, 2.45) is 0 Å². The Morgan fingerprint density at radius 3 is 0.632 bits per heavy atom. The van der Waals surface area contributed by atoms with E-state index in [1.54, 1.807) is 28.4 Å². The standard InChI is InChI=1S/C13H28O4.C11H24O4.C10H22O4.C7H16O4/c1-5-14-12(15-6-2)10-9-11-13(16-7-3)17-8-4;1-5-12-10(13-6-2)9-11(14-7-3)15-8-4;1-5-11-9(12-6-2)10(13-7-3)14-8-4;1-8-6(9-2)5-7(10-3)11-4/h12-13H,5-11H2,1-4H3;10-11H,5-9H2,1-4H3;9-10H,5-8H2,1-4H3;6-7H,5H2,1-4H3. The Hall–Kier alpha value is -0.640. The van der Waals surface area contributed by atoms with Gasteiger partial charge in [-0.1, -0.05) is 0 Å². The van der Waals surface area contributed by atoms with E-state index in [0.29, 0.717) is 92.1 Å². The van der Waals surface area contributed by atoms with E-state index in [-0.39, 0.29) is 37.7 Å². The summed E-state index contributed by atoms with van der Waals surface area (Å²) < 4.78 is 84.9. The summed E-state index contributed by atoms with van der Waals surface area (Å²) in [4.78, 5) is 0. The zero-order chi connectivity index (χ0) is 44.0. The molecule has 0 aromatic carbocycles. The first-order valence-corrected chi connectivity index (χ1v) is 21.1. The molecular formula is C41H90O16. The van der Waals surface area contributed by atoms with E-state index in [9.17, 15) is 0 Å². The average Bonchev–Trinajstić information content (AvgIpc) is 3.20. The molecule has 0 rings (SSSR count). The minimum Gasteiger partial charge on any atom is -0.356 e. The van der Waals surface area contributed by atoms with Gasteiger partial charge in [-0.3, -0.25) is 0 Å². The van der Waals surface area contributed by atoms with Crippen molar-refractivity contribution < 1.29 is 75.8 Å². The molecule has 57 heavy (non-hydrogen) atoms. The van der Waals surface area contributed by atoms with Crippen molar-refractivity contribution in [1.82, 2.24) is 0 Å². The maximum atomic E-state index is 5.48. The lowest BCUT2D eigenvalue weighted by molar-refractivity contribution is -0.281. The highest BCUT2D eigenvalue weighted by Gasteiger charge is 2.23. The van der Waals surface area contributed by atoms with E-state index in [2.05, 4.69) is 0 Å². The van der Waals surface area contributed by atoms with E-state index in [0.717, 1.165) is 19.3 Å². The Labute approximate surface area is 348 Å². The van der Waals surface area contributed by atoms with Crippen LogP contribution in [0.2, 0.25) is 0 Å². The van der Waals surface area contributed by atoms with Gasteiger partial charge in [0.2, 0.25) is 12.6 Å². The molecule has 0 amide bonds. The van der Waals surface area contributed by atoms with Crippen LogP contribution in [-0.4, -0.2) is 158 Å². The maximum absolute atomic E-state index is 5.48. The van der Waals surface area contributed by atoms with E-state index in [1.807, 2.05) is 83.1 Å². The van der Waals surface area contributed by atoms with Gasteiger partial charge in [-0.05, 0) is 102 Å². The van der Waals surface area contributed by atoms with E-state index in [1.165, 1.54) is 0 Å². The molecule has 0 saturated heterocycles. The zero-order valence-electron chi connectivity index (χ0n) is 39.2. The third-order valence-electron chi connectivity index (χ3n) is 7.07. The molecule has 0 saturated carbocycles. The molecule has 16 heteroatoms. The summed E-state index contributed by atoms with van der Waals surface area (Å²) in [5.41, 5.74) is 0. The molecule has 0 aliphatic heterocycles. The molecular weight excluding hydrogens is 748 g/mol. The number of hydrogen-bond donors (Lipinski definition) is 0. The highest BCUT2D eigenvalue weighted by Crippen LogP contribution is 2.13. The van der Waals surface area contributed by atoms with Crippen molar-refractivity contribution >= 4 is 0 Å². The third-order valence-corrected chi connectivity index (χ3v) is 7.07. The van der Waals surface area contributed by atoms with Gasteiger partial charge in [0, 0.05) is 121 Å². The largest absolute Gasteiger partial charge is 0.356 e. The van der Waals surface area contributed by atoms with E-state index < -0.39 is 12.6 Å². The molecule has 0 heterocycles. The van der Waals surface area contributed by atoms with Crippen LogP contribution in [0.1, 0.15) is 115 Å². The third kappa shape index (κ3) is 41.9. The van der Waals surface area contributed by atoms with Crippen LogP contribution in [0.4, 0.5) is 0 Å². The summed E-state index contributed by atoms with van der Waals surface area (Å²) in [5.74, 6) is 0. The summed E-state index contributed by atoms with van der Waals surface area (Å²) >= 11 is 0. The van der Waals surface area contributed by atoms with Crippen LogP contribution in [0, 0.1) is 0 Å². The quantitative estimate of drug-likeness (QED) is 0.0567. The van der Waals surface area contributed by atoms with Crippen LogP contribution < -0.4 is 0 Å². The lowest BCUT2D eigenvalue weighted by Gasteiger charge is -2.25. The molecule has 0 aromatic heterocycles. The Morgan fingerprint density at radius 2 is 0.439 bits per heavy atom. The summed E-state index contributed by atoms with van der Waals surface area (Å²) in [6.07, 6.45) is 1.92. The normalized spacial score (nSPS) is 11.6.